The number of rotatable bonds is 2. The van der Waals surface area contributed by atoms with Crippen molar-refractivity contribution in [1.82, 2.24) is 0 Å². The predicted molar refractivity (Wildman–Crippen MR) is 74.5 cm³/mol. The first-order valence-corrected chi connectivity index (χ1v) is 7.01. The quantitative estimate of drug-likeness (QED) is 0.832. The molecule has 0 aliphatic heterocycles. The zero-order chi connectivity index (χ0) is 11.7. The Hall–Kier alpha value is -0.0600. The number of halogens is 3. The van der Waals surface area contributed by atoms with E-state index in [0.717, 1.165) is 15.6 Å². The van der Waals surface area contributed by atoms with Gasteiger partial charge in [0.05, 0.1) is 16.1 Å². The van der Waals surface area contributed by atoms with Crippen LogP contribution in [0.25, 0.3) is 0 Å². The van der Waals surface area contributed by atoms with Crippen LogP contribution in [-0.4, -0.2) is 0 Å². The van der Waals surface area contributed by atoms with Crippen LogP contribution >= 0.6 is 50.5 Å². The van der Waals surface area contributed by atoms with Crippen LogP contribution in [0.4, 0.5) is 0 Å². The second-order valence-corrected chi connectivity index (χ2v) is 5.74. The lowest BCUT2D eigenvalue weighted by Gasteiger charge is -2.12. The summed E-state index contributed by atoms with van der Waals surface area (Å²) in [4.78, 5) is 0. The molecule has 0 aliphatic rings. The summed E-state index contributed by atoms with van der Waals surface area (Å²) in [5, 5.41) is 5.10. The van der Waals surface area contributed by atoms with Gasteiger partial charge in [-0.05, 0) is 44.6 Å². The van der Waals surface area contributed by atoms with E-state index in [1.165, 1.54) is 0 Å². The summed E-state index contributed by atoms with van der Waals surface area (Å²) in [5.74, 6) is 0. The molecule has 0 fully saturated rings. The lowest BCUT2D eigenvalue weighted by molar-refractivity contribution is 0.872. The first-order chi connectivity index (χ1) is 7.59. The van der Waals surface area contributed by atoms with Crippen LogP contribution in [0.1, 0.15) is 17.2 Å². The topological polar surface area (TPSA) is 26.0 Å². The van der Waals surface area contributed by atoms with E-state index in [2.05, 4.69) is 15.9 Å². The van der Waals surface area contributed by atoms with E-state index in [1.807, 2.05) is 16.8 Å². The van der Waals surface area contributed by atoms with E-state index in [0.29, 0.717) is 10.0 Å². The fourth-order valence-electron chi connectivity index (χ4n) is 1.40. The van der Waals surface area contributed by atoms with Gasteiger partial charge >= 0.3 is 0 Å². The van der Waals surface area contributed by atoms with Gasteiger partial charge in [-0.3, -0.25) is 0 Å². The van der Waals surface area contributed by atoms with Crippen LogP contribution in [0.15, 0.2) is 33.4 Å². The smallest absolute Gasteiger partial charge is 0.0595 e. The van der Waals surface area contributed by atoms with E-state index in [4.69, 9.17) is 28.9 Å². The molecule has 2 aromatic rings. The molecule has 0 saturated carbocycles. The number of hydrogen-bond acceptors (Lipinski definition) is 2. The SMILES string of the molecule is NC(c1ccc(Cl)c(Cl)c1)c1cscc1Br. The van der Waals surface area contributed by atoms with E-state index >= 15 is 0 Å². The fourth-order valence-corrected chi connectivity index (χ4v) is 3.29. The van der Waals surface area contributed by atoms with Gasteiger partial charge in [0.15, 0.2) is 0 Å². The largest absolute Gasteiger partial charge is 0.320 e. The van der Waals surface area contributed by atoms with E-state index in [9.17, 15) is 0 Å². The monoisotopic (exact) mass is 335 g/mol. The van der Waals surface area contributed by atoms with Gasteiger partial charge in [-0.1, -0.05) is 29.3 Å². The highest BCUT2D eigenvalue weighted by atomic mass is 79.9. The fraction of sp³-hybridized carbons (Fsp3) is 0.0909. The second-order valence-electron chi connectivity index (χ2n) is 3.33. The summed E-state index contributed by atoms with van der Waals surface area (Å²) in [6.45, 7) is 0. The summed E-state index contributed by atoms with van der Waals surface area (Å²) in [5.41, 5.74) is 8.17. The second kappa shape index (κ2) is 5.07. The Morgan fingerprint density at radius 3 is 2.50 bits per heavy atom. The molecule has 5 heteroatoms. The minimum absolute atomic E-state index is 0.185. The number of thiophene rings is 1. The zero-order valence-corrected chi connectivity index (χ0v) is 12.0. The highest BCUT2D eigenvalue weighted by Crippen LogP contribution is 2.32. The maximum absolute atomic E-state index is 6.16. The minimum atomic E-state index is -0.185. The third kappa shape index (κ3) is 2.44. The van der Waals surface area contributed by atoms with Crippen LogP contribution in [0.2, 0.25) is 10.0 Å². The van der Waals surface area contributed by atoms with E-state index in [1.54, 1.807) is 23.5 Å². The van der Waals surface area contributed by atoms with Gasteiger partial charge in [0.2, 0.25) is 0 Å². The molecule has 2 N–H and O–H groups in total. The van der Waals surface area contributed by atoms with E-state index < -0.39 is 0 Å². The van der Waals surface area contributed by atoms with Crippen molar-refractivity contribution in [2.75, 3.05) is 0 Å². The van der Waals surface area contributed by atoms with Gasteiger partial charge in [-0.2, -0.15) is 11.3 Å². The molecule has 16 heavy (non-hydrogen) atoms. The maximum atomic E-state index is 6.16. The molecular formula is C11H8BrCl2NS. The molecule has 1 aromatic heterocycles. The van der Waals surface area contributed by atoms with Gasteiger partial charge in [0.25, 0.3) is 0 Å². The standard InChI is InChI=1S/C11H8BrCl2NS/c12-8-5-16-4-7(8)11(15)6-1-2-9(13)10(14)3-6/h1-5,11H,15H2. The molecule has 1 heterocycles. The van der Waals surface area contributed by atoms with Gasteiger partial charge in [-0.15, -0.1) is 0 Å². The predicted octanol–water partition coefficient (Wildman–Crippen LogP) is 4.87. The Kier molecular flexibility index (Phi) is 3.93. The average molecular weight is 337 g/mol. The van der Waals surface area contributed by atoms with Crippen LogP contribution in [0.3, 0.4) is 0 Å². The first kappa shape index (κ1) is 12.4. The van der Waals surface area contributed by atoms with Gasteiger partial charge in [0, 0.05) is 9.85 Å². The molecule has 84 valence electrons. The zero-order valence-electron chi connectivity index (χ0n) is 8.08. The molecule has 0 spiro atoms. The number of benzene rings is 1. The summed E-state index contributed by atoms with van der Waals surface area (Å²) in [7, 11) is 0. The molecule has 1 atom stereocenters. The summed E-state index contributed by atoms with van der Waals surface area (Å²) >= 11 is 16.9. The van der Waals surface area contributed by atoms with Crippen molar-refractivity contribution < 1.29 is 0 Å². The molecule has 1 unspecified atom stereocenters. The Labute approximate surface area is 116 Å². The highest BCUT2D eigenvalue weighted by Gasteiger charge is 2.14. The molecule has 2 rings (SSSR count). The average Bonchev–Trinajstić information content (AvgIpc) is 2.67. The lowest BCUT2D eigenvalue weighted by Crippen LogP contribution is -2.11. The van der Waals surface area contributed by atoms with E-state index in [-0.39, 0.29) is 6.04 Å². The molecular weight excluding hydrogens is 329 g/mol. The molecule has 0 saturated heterocycles. The van der Waals surface area contributed by atoms with Crippen LogP contribution in [0, 0.1) is 0 Å². The van der Waals surface area contributed by atoms with Crippen molar-refractivity contribution in [3.8, 4) is 0 Å². The molecule has 0 bridgehead atoms. The summed E-state index contributed by atoms with van der Waals surface area (Å²) in [6.07, 6.45) is 0. The van der Waals surface area contributed by atoms with Crippen LogP contribution in [-0.2, 0) is 0 Å². The lowest BCUT2D eigenvalue weighted by atomic mass is 10.0. The number of nitrogens with two attached hydrogens (primary N) is 1. The van der Waals surface area contributed by atoms with Crippen molar-refractivity contribution in [2.24, 2.45) is 5.73 Å². The first-order valence-electron chi connectivity index (χ1n) is 4.51. The van der Waals surface area contributed by atoms with Crippen molar-refractivity contribution in [3.05, 3.63) is 54.6 Å². The van der Waals surface area contributed by atoms with Gasteiger partial charge < -0.3 is 5.73 Å². The Morgan fingerprint density at radius 1 is 1.19 bits per heavy atom. The number of hydrogen-bond donors (Lipinski definition) is 1. The molecule has 1 nitrogen and oxygen atoms in total. The normalized spacial score (nSPS) is 12.8. The molecule has 0 amide bonds. The van der Waals surface area contributed by atoms with Crippen molar-refractivity contribution in [1.29, 1.82) is 0 Å². The Balaban J connectivity index is 2.38. The molecule has 0 radical (unpaired) electrons. The Morgan fingerprint density at radius 2 is 1.94 bits per heavy atom. The van der Waals surface area contributed by atoms with Gasteiger partial charge in [-0.25, -0.2) is 0 Å². The van der Waals surface area contributed by atoms with Crippen LogP contribution in [0.5, 0.6) is 0 Å². The molecule has 0 aliphatic carbocycles. The third-order valence-electron chi connectivity index (χ3n) is 2.28. The highest BCUT2D eigenvalue weighted by molar-refractivity contribution is 9.10. The van der Waals surface area contributed by atoms with Crippen molar-refractivity contribution >= 4 is 50.5 Å². The molecule has 1 aromatic carbocycles. The maximum Gasteiger partial charge on any atom is 0.0595 e. The summed E-state index contributed by atoms with van der Waals surface area (Å²) < 4.78 is 1.02. The summed E-state index contributed by atoms with van der Waals surface area (Å²) in [6, 6.07) is 5.27. The Bertz CT molecular complexity index is 512. The minimum Gasteiger partial charge on any atom is -0.320 e. The van der Waals surface area contributed by atoms with Crippen molar-refractivity contribution in [2.45, 2.75) is 6.04 Å². The third-order valence-corrected chi connectivity index (χ3v) is 4.77. The van der Waals surface area contributed by atoms with Crippen molar-refractivity contribution in [3.63, 3.8) is 0 Å². The van der Waals surface area contributed by atoms with Gasteiger partial charge in [0.1, 0.15) is 0 Å². The van der Waals surface area contributed by atoms with Crippen LogP contribution < -0.4 is 5.73 Å².